The van der Waals surface area contributed by atoms with Crippen molar-refractivity contribution in [1.82, 2.24) is 24.9 Å². The number of nitrogens with one attached hydrogen (secondary N) is 2. The van der Waals surface area contributed by atoms with Crippen LogP contribution in [0, 0.1) is 36.3 Å². The van der Waals surface area contributed by atoms with E-state index in [9.17, 15) is 31.6 Å². The maximum Gasteiger partial charge on any atom is 0.259 e. The monoisotopic (exact) mass is 737 g/mol. The zero-order valence-electron chi connectivity index (χ0n) is 29.2. The average Bonchev–Trinajstić information content (AvgIpc) is 4.02. The fraction of sp³-hybridized carbons (Fsp3) is 0.486. The Morgan fingerprint density at radius 2 is 1.79 bits per heavy atom. The lowest BCUT2D eigenvalue weighted by molar-refractivity contribution is -0.140. The molecule has 15 heteroatoms. The molecule has 3 amide bonds. The highest BCUT2D eigenvalue weighted by Crippen LogP contribution is 2.47. The van der Waals surface area contributed by atoms with Crippen LogP contribution in [-0.4, -0.2) is 78.6 Å². The van der Waals surface area contributed by atoms with Crippen LogP contribution in [0.25, 0.3) is 22.3 Å². The van der Waals surface area contributed by atoms with Gasteiger partial charge < -0.3 is 19.7 Å². The molecule has 5 atom stereocenters. The Morgan fingerprint density at radius 3 is 2.50 bits per heavy atom. The number of carbonyl (C=O) groups is 3. The maximum atomic E-state index is 14.3. The number of benzene rings is 2. The second-order valence-corrected chi connectivity index (χ2v) is 16.3. The molecule has 0 saturated heterocycles. The molecule has 3 fully saturated rings. The van der Waals surface area contributed by atoms with Gasteiger partial charge in [-0.05, 0) is 82.6 Å². The number of amides is 3. The summed E-state index contributed by atoms with van der Waals surface area (Å²) in [6.45, 7) is 2.27. The number of rotatable bonds is 7. The molecule has 3 saturated carbocycles. The maximum absolute atomic E-state index is 14.3. The van der Waals surface area contributed by atoms with Gasteiger partial charge in [0.25, 0.3) is 5.91 Å². The normalized spacial score (nSPS) is 26.6. The molecule has 2 aromatic carbocycles. The zero-order chi connectivity index (χ0) is 36.9. The predicted octanol–water partition coefficient (Wildman–Crippen LogP) is 4.35. The number of allylic oxidation sites excluding steroid dienone is 1. The molecule has 2 heterocycles. The van der Waals surface area contributed by atoms with Gasteiger partial charge in [-0.3, -0.25) is 19.1 Å². The minimum atomic E-state index is -3.87. The van der Waals surface area contributed by atoms with Crippen LogP contribution in [0.4, 0.5) is 8.78 Å². The summed E-state index contributed by atoms with van der Waals surface area (Å²) in [4.78, 5) is 52.6. The lowest BCUT2D eigenvalue weighted by atomic mass is 9.93. The first-order valence-corrected chi connectivity index (χ1v) is 19.1. The van der Waals surface area contributed by atoms with Crippen molar-refractivity contribution < 1.29 is 41.1 Å². The van der Waals surface area contributed by atoms with Crippen LogP contribution in [0.5, 0.6) is 11.6 Å². The molecule has 0 spiro atoms. The van der Waals surface area contributed by atoms with Crippen LogP contribution >= 0.6 is 0 Å². The molecule has 3 aliphatic carbocycles. The summed E-state index contributed by atoms with van der Waals surface area (Å²) in [6, 6.07) is 6.41. The minimum absolute atomic E-state index is 0.00404. The molecule has 12 nitrogen and oxygen atoms in total. The smallest absolute Gasteiger partial charge is 0.259 e. The van der Waals surface area contributed by atoms with Gasteiger partial charge in [0.15, 0.2) is 5.82 Å². The number of aromatic nitrogens is 2. The molecule has 1 aromatic heterocycles. The van der Waals surface area contributed by atoms with Crippen molar-refractivity contribution in [2.24, 2.45) is 17.8 Å². The van der Waals surface area contributed by atoms with Gasteiger partial charge in [0.1, 0.15) is 29.0 Å². The Hall–Kier alpha value is -4.66. The number of halogens is 2. The lowest BCUT2D eigenvalue weighted by Gasteiger charge is -2.26. The van der Waals surface area contributed by atoms with Gasteiger partial charge in [-0.1, -0.05) is 12.2 Å². The van der Waals surface area contributed by atoms with Gasteiger partial charge in [0.2, 0.25) is 27.7 Å². The van der Waals surface area contributed by atoms with E-state index in [1.807, 2.05) is 12.2 Å². The van der Waals surface area contributed by atoms with Gasteiger partial charge in [0, 0.05) is 36.7 Å². The number of aryl methyl sites for hydroxylation is 1. The Kier molecular flexibility index (Phi) is 9.42. The highest BCUT2D eigenvalue weighted by Gasteiger charge is 2.62. The molecule has 2 N–H and O–H groups in total. The highest BCUT2D eigenvalue weighted by molar-refractivity contribution is 7.91. The Bertz CT molecular complexity index is 2070. The second-order valence-electron chi connectivity index (χ2n) is 14.4. The summed E-state index contributed by atoms with van der Waals surface area (Å²) in [5.74, 6) is -4.68. The van der Waals surface area contributed by atoms with Crippen molar-refractivity contribution in [3.8, 4) is 23.0 Å². The Morgan fingerprint density at radius 1 is 1.06 bits per heavy atom. The molecule has 276 valence electrons. The summed E-state index contributed by atoms with van der Waals surface area (Å²) in [7, 11) is -0.667. The molecule has 5 unspecified atom stereocenters. The first-order chi connectivity index (χ1) is 24.8. The summed E-state index contributed by atoms with van der Waals surface area (Å²) < 4.78 is 68.3. The molecule has 0 radical (unpaired) electrons. The topological polar surface area (TPSA) is 157 Å². The Balaban J connectivity index is 1.22. The van der Waals surface area contributed by atoms with Crippen LogP contribution < -0.4 is 19.5 Å². The molecule has 7 rings (SSSR count). The highest BCUT2D eigenvalue weighted by atomic mass is 32.2. The zero-order valence-corrected chi connectivity index (χ0v) is 30.0. The summed E-state index contributed by atoms with van der Waals surface area (Å²) in [5.41, 5.74) is -0.313. The number of nitrogens with zero attached hydrogens (tertiary/aromatic N) is 3. The van der Waals surface area contributed by atoms with Crippen molar-refractivity contribution >= 4 is 38.6 Å². The van der Waals surface area contributed by atoms with Gasteiger partial charge in [-0.25, -0.2) is 22.2 Å². The molecule has 3 aromatic rings. The predicted molar refractivity (Wildman–Crippen MR) is 187 cm³/mol. The number of methoxy groups -OCH3 is 1. The number of sulfonamides is 1. The number of carbonyl (C=O) groups excluding carboxylic acids is 3. The van der Waals surface area contributed by atoms with Gasteiger partial charge >= 0.3 is 0 Å². The fourth-order valence-electron chi connectivity index (χ4n) is 7.46. The van der Waals surface area contributed by atoms with Crippen molar-refractivity contribution in [3.05, 3.63) is 59.7 Å². The van der Waals surface area contributed by atoms with Crippen LogP contribution in [0.3, 0.4) is 0 Å². The van der Waals surface area contributed by atoms with Crippen LogP contribution in [0.15, 0.2) is 42.5 Å². The van der Waals surface area contributed by atoms with E-state index in [-0.39, 0.29) is 42.4 Å². The molecule has 52 heavy (non-hydrogen) atoms. The third-order valence-electron chi connectivity index (χ3n) is 10.7. The third kappa shape index (κ3) is 6.94. The minimum Gasteiger partial charge on any atom is -0.496 e. The first kappa shape index (κ1) is 35.7. The van der Waals surface area contributed by atoms with Crippen LogP contribution in [0.2, 0.25) is 0 Å². The second kappa shape index (κ2) is 13.7. The van der Waals surface area contributed by atoms with Crippen molar-refractivity contribution in [2.75, 3.05) is 20.7 Å². The van der Waals surface area contributed by atoms with Crippen LogP contribution in [0.1, 0.15) is 56.9 Å². The number of hydrogen-bond acceptors (Lipinski definition) is 9. The van der Waals surface area contributed by atoms with Gasteiger partial charge in [-0.15, -0.1) is 0 Å². The number of ether oxygens (including phenoxy) is 2. The molecule has 4 aliphatic rings. The standard InChI is InChI=1S/C37H41F2N5O7S/c1-20-30(50-3)12-11-27-31(20)40-32(21-14-23(38)16-24(39)15-21)41-34(27)51-25-17-28-29(18-25)35(46)44(2)13-7-5-4-6-8-22-19-37(22,42-33(28)45)36(47)43-52(48,49)26-9-10-26/h6,8,11-12,14-16,22,25-26,28-29H,4-5,7,9-10,13,17-19H2,1-3H3,(H,42,45)(H,43,47). The summed E-state index contributed by atoms with van der Waals surface area (Å²) in [6.07, 6.45) is 6.72. The van der Waals surface area contributed by atoms with E-state index in [4.69, 9.17) is 9.47 Å². The van der Waals surface area contributed by atoms with E-state index >= 15 is 0 Å². The largest absolute Gasteiger partial charge is 0.496 e. The summed E-state index contributed by atoms with van der Waals surface area (Å²) in [5, 5.41) is 2.75. The first-order valence-electron chi connectivity index (χ1n) is 17.6. The van der Waals surface area contributed by atoms with E-state index in [0.717, 1.165) is 31.0 Å². The van der Waals surface area contributed by atoms with Crippen molar-refractivity contribution in [1.29, 1.82) is 0 Å². The van der Waals surface area contributed by atoms with E-state index in [2.05, 4.69) is 20.0 Å². The van der Waals surface area contributed by atoms with E-state index in [1.54, 1.807) is 31.0 Å². The molecular weight excluding hydrogens is 696 g/mol. The number of fused-ring (bicyclic) bond motifs is 3. The third-order valence-corrected chi connectivity index (χ3v) is 12.5. The lowest BCUT2D eigenvalue weighted by Crippen LogP contribution is -2.54. The van der Waals surface area contributed by atoms with Crippen molar-refractivity contribution in [3.63, 3.8) is 0 Å². The van der Waals surface area contributed by atoms with Gasteiger partial charge in [0.05, 0.1) is 35.1 Å². The van der Waals surface area contributed by atoms with Crippen molar-refractivity contribution in [2.45, 2.75) is 75.2 Å². The van der Waals surface area contributed by atoms with E-state index < -0.39 is 68.1 Å². The van der Waals surface area contributed by atoms with Gasteiger partial charge in [-0.2, -0.15) is 4.98 Å². The summed E-state index contributed by atoms with van der Waals surface area (Å²) >= 11 is 0. The average molecular weight is 738 g/mol. The SMILES string of the molecule is COc1ccc2c(OC3CC4C(=O)NC5(C(=O)NS(=O)(=O)C6CC6)CC5C=CCCCCN(C)C(=O)C4C3)nc(-c3cc(F)cc(F)c3)nc2c1C. The van der Waals surface area contributed by atoms with Crippen LogP contribution in [-0.2, 0) is 24.4 Å². The number of hydrogen-bond donors (Lipinski definition) is 2. The quantitative estimate of drug-likeness (QED) is 0.337. The van der Waals surface area contributed by atoms with E-state index in [1.165, 1.54) is 7.11 Å². The van der Waals surface area contributed by atoms with E-state index in [0.29, 0.717) is 48.0 Å². The molecule has 1 aliphatic heterocycles. The fourth-order valence-corrected chi connectivity index (χ4v) is 8.82. The molecule has 0 bridgehead atoms. The Labute approximate surface area is 300 Å². The molecular formula is C37H41F2N5O7S.